The summed E-state index contributed by atoms with van der Waals surface area (Å²) in [7, 11) is 1.64. The highest BCUT2D eigenvalue weighted by Gasteiger charge is 2.06. The second-order valence-corrected chi connectivity index (χ2v) is 3.87. The Labute approximate surface area is 94.8 Å². The fourth-order valence-corrected chi connectivity index (χ4v) is 1.39. The zero-order valence-corrected chi connectivity index (χ0v) is 9.64. The molecule has 0 saturated carbocycles. The third-order valence-electron chi connectivity index (χ3n) is 2.03. The molecule has 0 bridgehead atoms. The molecule has 0 aromatic heterocycles. The largest absolute Gasteiger partial charge is 0.382 e. The average Bonchev–Trinajstić information content (AvgIpc) is 2.21. The third-order valence-corrected chi connectivity index (χ3v) is 2.28. The van der Waals surface area contributed by atoms with Crippen molar-refractivity contribution in [3.8, 4) is 0 Å². The lowest BCUT2D eigenvalue weighted by Gasteiger charge is -2.14. The predicted octanol–water partition coefficient (Wildman–Crippen LogP) is 2.28. The maximum atomic E-state index is 11.1. The van der Waals surface area contributed by atoms with Crippen LogP contribution in [0, 0.1) is 0 Å². The molecule has 1 aromatic carbocycles. The molecule has 0 aliphatic heterocycles. The first kappa shape index (κ1) is 11.9. The Morgan fingerprint density at radius 1 is 1.40 bits per heavy atom. The summed E-state index contributed by atoms with van der Waals surface area (Å²) in [6, 6.07) is 7.52. The number of hydrogen-bond donors (Lipinski definition) is 2. The van der Waals surface area contributed by atoms with E-state index in [1.165, 1.54) is 0 Å². The number of nitrogens with one attached hydrogen (secondary N) is 2. The lowest BCUT2D eigenvalue weighted by atomic mass is 10.2. The number of carbonyl (C=O) groups excluding carboxylic acids is 1. The fraction of sp³-hybridized carbons (Fsp3) is 0.364. The Hall–Kier alpha value is -1.22. The maximum Gasteiger partial charge on any atom is 0.221 e. The summed E-state index contributed by atoms with van der Waals surface area (Å²) in [5.41, 5.74) is 0.968. The summed E-state index contributed by atoms with van der Waals surface area (Å²) in [6.45, 7) is 1.96. The average molecular weight is 227 g/mol. The van der Waals surface area contributed by atoms with Gasteiger partial charge in [-0.25, -0.2) is 0 Å². The molecule has 0 fully saturated rings. The lowest BCUT2D eigenvalue weighted by molar-refractivity contribution is -0.120. The molecule has 15 heavy (non-hydrogen) atoms. The Kier molecular flexibility index (Phi) is 4.43. The lowest BCUT2D eigenvalue weighted by Crippen LogP contribution is -2.26. The Morgan fingerprint density at radius 2 is 2.00 bits per heavy atom. The summed E-state index contributed by atoms with van der Waals surface area (Å²) >= 11 is 5.76. The molecule has 1 atom stereocenters. The van der Waals surface area contributed by atoms with Crippen LogP contribution in [0.3, 0.4) is 0 Å². The van der Waals surface area contributed by atoms with Crippen LogP contribution in [0.25, 0.3) is 0 Å². The number of carbonyl (C=O) groups is 1. The van der Waals surface area contributed by atoms with Gasteiger partial charge in [-0.15, -0.1) is 0 Å². The smallest absolute Gasteiger partial charge is 0.221 e. The number of halogens is 1. The van der Waals surface area contributed by atoms with E-state index in [0.717, 1.165) is 5.69 Å². The second-order valence-electron chi connectivity index (χ2n) is 3.43. The van der Waals surface area contributed by atoms with Crippen molar-refractivity contribution in [1.29, 1.82) is 0 Å². The van der Waals surface area contributed by atoms with Gasteiger partial charge in [0.15, 0.2) is 0 Å². The molecule has 4 heteroatoms. The van der Waals surface area contributed by atoms with E-state index in [1.807, 2.05) is 31.2 Å². The fourth-order valence-electron chi connectivity index (χ4n) is 1.26. The summed E-state index contributed by atoms with van der Waals surface area (Å²) in [5.74, 6) is 0.0314. The van der Waals surface area contributed by atoms with Crippen molar-refractivity contribution in [2.24, 2.45) is 0 Å². The highest BCUT2D eigenvalue weighted by atomic mass is 35.5. The van der Waals surface area contributed by atoms with E-state index in [-0.39, 0.29) is 11.9 Å². The molecule has 2 N–H and O–H groups in total. The minimum Gasteiger partial charge on any atom is -0.382 e. The van der Waals surface area contributed by atoms with Crippen LogP contribution < -0.4 is 10.6 Å². The highest BCUT2D eigenvalue weighted by molar-refractivity contribution is 6.30. The summed E-state index contributed by atoms with van der Waals surface area (Å²) in [4.78, 5) is 11.1. The Morgan fingerprint density at radius 3 is 2.53 bits per heavy atom. The van der Waals surface area contributed by atoms with E-state index in [1.54, 1.807) is 7.05 Å². The van der Waals surface area contributed by atoms with Crippen molar-refractivity contribution in [1.82, 2.24) is 5.32 Å². The molecule has 0 saturated heterocycles. The molecule has 1 rings (SSSR count). The first-order valence-corrected chi connectivity index (χ1v) is 5.22. The molecule has 1 unspecified atom stereocenters. The van der Waals surface area contributed by atoms with Gasteiger partial charge in [-0.2, -0.15) is 0 Å². The number of hydrogen-bond acceptors (Lipinski definition) is 2. The quantitative estimate of drug-likeness (QED) is 0.827. The van der Waals surface area contributed by atoms with Crippen molar-refractivity contribution in [2.75, 3.05) is 12.4 Å². The van der Waals surface area contributed by atoms with Gasteiger partial charge >= 0.3 is 0 Å². The number of amides is 1. The maximum absolute atomic E-state index is 11.1. The molecule has 0 heterocycles. The van der Waals surface area contributed by atoms with Gasteiger partial charge in [0.05, 0.1) is 0 Å². The molecule has 1 amide bonds. The van der Waals surface area contributed by atoms with Gasteiger partial charge in [0.25, 0.3) is 0 Å². The van der Waals surface area contributed by atoms with Crippen LogP contribution in [-0.4, -0.2) is 19.0 Å². The molecule has 0 aliphatic carbocycles. The SMILES string of the molecule is CNC(=O)CC(C)Nc1ccc(Cl)cc1. The Balaban J connectivity index is 2.47. The van der Waals surface area contributed by atoms with Gasteiger partial charge in [-0.1, -0.05) is 11.6 Å². The van der Waals surface area contributed by atoms with Crippen molar-refractivity contribution < 1.29 is 4.79 Å². The number of benzene rings is 1. The molecule has 0 spiro atoms. The van der Waals surface area contributed by atoms with Crippen LogP contribution in [0.1, 0.15) is 13.3 Å². The van der Waals surface area contributed by atoms with Crippen molar-refractivity contribution in [2.45, 2.75) is 19.4 Å². The molecule has 0 radical (unpaired) electrons. The summed E-state index contributed by atoms with van der Waals surface area (Å²) in [6.07, 6.45) is 0.457. The van der Waals surface area contributed by atoms with Crippen molar-refractivity contribution in [3.63, 3.8) is 0 Å². The minimum absolute atomic E-state index is 0.0314. The standard InChI is InChI=1S/C11H15ClN2O/c1-8(7-11(15)13-2)14-10-5-3-9(12)4-6-10/h3-6,8,14H,7H2,1-2H3,(H,13,15). The third kappa shape index (κ3) is 4.21. The van der Waals surface area contributed by atoms with E-state index in [0.29, 0.717) is 11.4 Å². The van der Waals surface area contributed by atoms with Crippen LogP contribution in [0.2, 0.25) is 5.02 Å². The Bertz CT molecular complexity index is 324. The van der Waals surface area contributed by atoms with E-state index in [9.17, 15) is 4.79 Å². The number of anilines is 1. The second kappa shape index (κ2) is 5.61. The monoisotopic (exact) mass is 226 g/mol. The first-order valence-electron chi connectivity index (χ1n) is 4.84. The zero-order chi connectivity index (χ0) is 11.3. The highest BCUT2D eigenvalue weighted by Crippen LogP contribution is 2.14. The molecule has 82 valence electrons. The van der Waals surface area contributed by atoms with E-state index in [2.05, 4.69) is 10.6 Å². The molecular weight excluding hydrogens is 212 g/mol. The van der Waals surface area contributed by atoms with Crippen LogP contribution in [0.15, 0.2) is 24.3 Å². The van der Waals surface area contributed by atoms with Crippen LogP contribution >= 0.6 is 11.6 Å². The van der Waals surface area contributed by atoms with Gasteiger partial charge in [-0.3, -0.25) is 4.79 Å². The van der Waals surface area contributed by atoms with Crippen LogP contribution in [0.4, 0.5) is 5.69 Å². The van der Waals surface area contributed by atoms with E-state index >= 15 is 0 Å². The summed E-state index contributed by atoms with van der Waals surface area (Å²) in [5, 5.41) is 6.51. The minimum atomic E-state index is 0.0314. The molecule has 1 aromatic rings. The van der Waals surface area contributed by atoms with Crippen LogP contribution in [-0.2, 0) is 4.79 Å². The summed E-state index contributed by atoms with van der Waals surface area (Å²) < 4.78 is 0. The predicted molar refractivity (Wildman–Crippen MR) is 63.2 cm³/mol. The van der Waals surface area contributed by atoms with Gasteiger partial charge in [0, 0.05) is 30.2 Å². The van der Waals surface area contributed by atoms with Gasteiger partial charge in [-0.05, 0) is 31.2 Å². The molecule has 0 aliphatic rings. The number of rotatable bonds is 4. The first-order chi connectivity index (χ1) is 7.11. The van der Waals surface area contributed by atoms with Crippen molar-refractivity contribution >= 4 is 23.2 Å². The zero-order valence-electron chi connectivity index (χ0n) is 8.88. The van der Waals surface area contributed by atoms with Crippen molar-refractivity contribution in [3.05, 3.63) is 29.3 Å². The molecular formula is C11H15ClN2O. The van der Waals surface area contributed by atoms with E-state index < -0.39 is 0 Å². The normalized spacial score (nSPS) is 11.9. The van der Waals surface area contributed by atoms with E-state index in [4.69, 9.17) is 11.6 Å². The van der Waals surface area contributed by atoms with Gasteiger partial charge in [0.2, 0.25) is 5.91 Å². The van der Waals surface area contributed by atoms with Crippen LogP contribution in [0.5, 0.6) is 0 Å². The molecule has 3 nitrogen and oxygen atoms in total. The van der Waals surface area contributed by atoms with Gasteiger partial charge < -0.3 is 10.6 Å². The topological polar surface area (TPSA) is 41.1 Å². The van der Waals surface area contributed by atoms with Gasteiger partial charge in [0.1, 0.15) is 0 Å².